The van der Waals surface area contributed by atoms with E-state index in [0.29, 0.717) is 6.61 Å². The molecule has 0 spiro atoms. The maximum absolute atomic E-state index is 12.0. The number of thiophene rings is 1. The van der Waals surface area contributed by atoms with E-state index in [4.69, 9.17) is 4.74 Å². The van der Waals surface area contributed by atoms with E-state index >= 15 is 0 Å². The number of hydrogen-bond acceptors (Lipinski definition) is 4. The van der Waals surface area contributed by atoms with E-state index in [9.17, 15) is 4.79 Å². The SMILES string of the molecule is CCCCCOC(=O)c1sccc1CCN(CC)CC.Cl. The molecule has 0 unspecified atom stereocenters. The molecule has 3 nitrogen and oxygen atoms in total. The van der Waals surface area contributed by atoms with Gasteiger partial charge in [-0.15, -0.1) is 23.7 Å². The quantitative estimate of drug-likeness (QED) is 0.469. The lowest BCUT2D eigenvalue weighted by Gasteiger charge is -2.17. The molecule has 0 bridgehead atoms. The average molecular weight is 334 g/mol. The normalized spacial score (nSPS) is 10.5. The first-order valence-corrected chi connectivity index (χ1v) is 8.56. The zero-order chi connectivity index (χ0) is 14.8. The van der Waals surface area contributed by atoms with Gasteiger partial charge in [-0.25, -0.2) is 4.79 Å². The lowest BCUT2D eigenvalue weighted by Crippen LogP contribution is -2.25. The number of ether oxygens (including phenoxy) is 1. The number of hydrogen-bond donors (Lipinski definition) is 0. The summed E-state index contributed by atoms with van der Waals surface area (Å²) in [5.41, 5.74) is 1.13. The van der Waals surface area contributed by atoms with E-state index in [0.717, 1.165) is 55.8 Å². The first kappa shape index (κ1) is 20.4. The van der Waals surface area contributed by atoms with Gasteiger partial charge in [-0.2, -0.15) is 0 Å². The molecule has 1 heterocycles. The van der Waals surface area contributed by atoms with Crippen LogP contribution < -0.4 is 0 Å². The fourth-order valence-electron chi connectivity index (χ4n) is 2.11. The lowest BCUT2D eigenvalue weighted by molar-refractivity contribution is 0.0502. The third-order valence-electron chi connectivity index (χ3n) is 3.51. The van der Waals surface area contributed by atoms with Crippen molar-refractivity contribution in [1.29, 1.82) is 0 Å². The summed E-state index contributed by atoms with van der Waals surface area (Å²) < 4.78 is 5.35. The number of carbonyl (C=O) groups is 1. The molecule has 0 amide bonds. The third-order valence-corrected chi connectivity index (χ3v) is 4.44. The van der Waals surface area contributed by atoms with Crippen LogP contribution in [0.15, 0.2) is 11.4 Å². The van der Waals surface area contributed by atoms with Crippen molar-refractivity contribution < 1.29 is 9.53 Å². The molecule has 0 radical (unpaired) electrons. The highest BCUT2D eigenvalue weighted by Crippen LogP contribution is 2.19. The smallest absolute Gasteiger partial charge is 0.348 e. The second-order valence-electron chi connectivity index (χ2n) is 4.89. The number of unbranched alkanes of at least 4 members (excludes halogenated alkanes) is 2. The van der Waals surface area contributed by atoms with Crippen LogP contribution in [0, 0.1) is 0 Å². The highest BCUT2D eigenvalue weighted by atomic mass is 35.5. The summed E-state index contributed by atoms with van der Waals surface area (Å²) in [7, 11) is 0. The summed E-state index contributed by atoms with van der Waals surface area (Å²) in [4.78, 5) is 15.2. The molecule has 1 aromatic heterocycles. The van der Waals surface area contributed by atoms with Gasteiger partial charge < -0.3 is 9.64 Å². The van der Waals surface area contributed by atoms with Gasteiger partial charge in [-0.3, -0.25) is 0 Å². The molecule has 0 fully saturated rings. The zero-order valence-electron chi connectivity index (χ0n) is 13.4. The van der Waals surface area contributed by atoms with Crippen LogP contribution in [-0.4, -0.2) is 37.1 Å². The molecular weight excluding hydrogens is 306 g/mol. The first-order valence-electron chi connectivity index (χ1n) is 7.68. The summed E-state index contributed by atoms with van der Waals surface area (Å²) in [6.07, 6.45) is 4.14. The fraction of sp³-hybridized carbons (Fsp3) is 0.688. The Kier molecular flexibility index (Phi) is 11.7. The van der Waals surface area contributed by atoms with Gasteiger partial charge in [0.1, 0.15) is 4.88 Å². The molecule has 0 aliphatic heterocycles. The van der Waals surface area contributed by atoms with Gasteiger partial charge in [0.25, 0.3) is 0 Å². The van der Waals surface area contributed by atoms with Gasteiger partial charge in [-0.05, 0) is 42.9 Å². The number of carbonyl (C=O) groups excluding carboxylic acids is 1. The van der Waals surface area contributed by atoms with E-state index in [2.05, 4.69) is 31.7 Å². The van der Waals surface area contributed by atoms with Crippen molar-refractivity contribution in [2.75, 3.05) is 26.2 Å². The summed E-state index contributed by atoms with van der Waals surface area (Å²) in [6.45, 7) is 10.1. The molecule has 0 N–H and O–H groups in total. The van der Waals surface area contributed by atoms with Crippen molar-refractivity contribution in [1.82, 2.24) is 4.90 Å². The highest BCUT2D eigenvalue weighted by Gasteiger charge is 2.14. The minimum atomic E-state index is -0.148. The van der Waals surface area contributed by atoms with Gasteiger partial charge in [0, 0.05) is 6.54 Å². The van der Waals surface area contributed by atoms with Crippen LogP contribution in [0.25, 0.3) is 0 Å². The van der Waals surface area contributed by atoms with Crippen LogP contribution in [0.2, 0.25) is 0 Å². The Morgan fingerprint density at radius 2 is 1.95 bits per heavy atom. The minimum Gasteiger partial charge on any atom is -0.462 e. The van der Waals surface area contributed by atoms with Crippen LogP contribution in [0.1, 0.15) is 55.3 Å². The van der Waals surface area contributed by atoms with Crippen molar-refractivity contribution in [2.24, 2.45) is 0 Å². The van der Waals surface area contributed by atoms with Crippen LogP contribution in [0.4, 0.5) is 0 Å². The Morgan fingerprint density at radius 1 is 1.24 bits per heavy atom. The lowest BCUT2D eigenvalue weighted by atomic mass is 10.2. The van der Waals surface area contributed by atoms with E-state index in [-0.39, 0.29) is 18.4 Å². The topological polar surface area (TPSA) is 29.5 Å². The Hall–Kier alpha value is -0.580. The molecule has 21 heavy (non-hydrogen) atoms. The number of nitrogens with zero attached hydrogens (tertiary/aromatic N) is 1. The maximum atomic E-state index is 12.0. The Bertz CT molecular complexity index is 391. The predicted octanol–water partition coefficient (Wildman–Crippen LogP) is 4.40. The molecule has 5 heteroatoms. The van der Waals surface area contributed by atoms with Crippen LogP contribution in [0.5, 0.6) is 0 Å². The average Bonchev–Trinajstić information content (AvgIpc) is 2.93. The largest absolute Gasteiger partial charge is 0.462 e. The number of likely N-dealkylation sites (N-methyl/N-ethyl adjacent to an activating group) is 1. The molecule has 0 aliphatic carbocycles. The molecular formula is C16H28ClNO2S. The van der Waals surface area contributed by atoms with Crippen molar-refractivity contribution >= 4 is 29.7 Å². The van der Waals surface area contributed by atoms with Gasteiger partial charge in [0.2, 0.25) is 0 Å². The third kappa shape index (κ3) is 7.30. The Labute approximate surface area is 139 Å². The van der Waals surface area contributed by atoms with Gasteiger partial charge in [-0.1, -0.05) is 33.6 Å². The number of esters is 1. The van der Waals surface area contributed by atoms with Gasteiger partial charge in [0.15, 0.2) is 0 Å². The van der Waals surface area contributed by atoms with Crippen molar-refractivity contribution in [3.05, 3.63) is 21.9 Å². The highest BCUT2D eigenvalue weighted by molar-refractivity contribution is 7.12. The first-order chi connectivity index (χ1) is 9.72. The van der Waals surface area contributed by atoms with E-state index < -0.39 is 0 Å². The van der Waals surface area contributed by atoms with Crippen molar-refractivity contribution in [3.8, 4) is 0 Å². The van der Waals surface area contributed by atoms with Crippen molar-refractivity contribution in [2.45, 2.75) is 46.5 Å². The maximum Gasteiger partial charge on any atom is 0.348 e. The summed E-state index contributed by atoms with van der Waals surface area (Å²) in [5, 5.41) is 1.99. The van der Waals surface area contributed by atoms with Crippen LogP contribution in [-0.2, 0) is 11.2 Å². The number of halogens is 1. The van der Waals surface area contributed by atoms with Gasteiger partial charge >= 0.3 is 5.97 Å². The minimum absolute atomic E-state index is 0. The van der Waals surface area contributed by atoms with E-state index in [1.54, 1.807) is 0 Å². The Balaban J connectivity index is 0.00000400. The van der Waals surface area contributed by atoms with Gasteiger partial charge in [0.05, 0.1) is 6.61 Å². The van der Waals surface area contributed by atoms with Crippen LogP contribution >= 0.6 is 23.7 Å². The zero-order valence-corrected chi connectivity index (χ0v) is 15.0. The molecule has 0 saturated carbocycles. The second kappa shape index (κ2) is 12.0. The Morgan fingerprint density at radius 3 is 2.57 bits per heavy atom. The fourth-order valence-corrected chi connectivity index (χ4v) is 2.96. The molecule has 1 rings (SSSR count). The molecule has 1 aromatic rings. The second-order valence-corrected chi connectivity index (χ2v) is 5.81. The monoisotopic (exact) mass is 333 g/mol. The standard InChI is InChI=1S/C16H27NO2S.ClH/c1-4-7-8-12-19-16(18)15-14(10-13-20-15)9-11-17(5-2)6-3;/h10,13H,4-9,11-12H2,1-3H3;1H. The molecule has 0 aliphatic rings. The summed E-state index contributed by atoms with van der Waals surface area (Å²) in [6, 6.07) is 2.05. The van der Waals surface area contributed by atoms with Crippen LogP contribution in [0.3, 0.4) is 0 Å². The molecule has 0 saturated heterocycles. The van der Waals surface area contributed by atoms with E-state index in [1.165, 1.54) is 11.3 Å². The van der Waals surface area contributed by atoms with E-state index in [1.807, 2.05) is 5.38 Å². The molecule has 0 atom stereocenters. The predicted molar refractivity (Wildman–Crippen MR) is 92.9 cm³/mol. The summed E-state index contributed by atoms with van der Waals surface area (Å²) in [5.74, 6) is -0.148. The van der Waals surface area contributed by atoms with Crippen molar-refractivity contribution in [3.63, 3.8) is 0 Å². The molecule has 0 aromatic carbocycles. The number of rotatable bonds is 10. The summed E-state index contributed by atoms with van der Waals surface area (Å²) >= 11 is 1.50. The molecule has 122 valence electrons.